The number of amides is 1. The largest absolute Gasteiger partial charge is 0.496 e. The van der Waals surface area contributed by atoms with E-state index in [2.05, 4.69) is 42.4 Å². The topological polar surface area (TPSA) is 59.9 Å². The van der Waals surface area contributed by atoms with Crippen LogP contribution in [0, 0.1) is 0 Å². The molecule has 0 radical (unpaired) electrons. The molecule has 1 N–H and O–H groups in total. The van der Waals surface area contributed by atoms with Crippen molar-refractivity contribution in [3.05, 3.63) is 56.5 Å². The lowest BCUT2D eigenvalue weighted by Crippen LogP contribution is -2.19. The van der Waals surface area contributed by atoms with Crippen LogP contribution in [0.25, 0.3) is 0 Å². The van der Waals surface area contributed by atoms with Crippen LogP contribution in [-0.4, -0.2) is 26.3 Å². The van der Waals surface area contributed by atoms with Crippen LogP contribution < -0.4 is 14.9 Å². The minimum absolute atomic E-state index is 0.194. The zero-order valence-electron chi connectivity index (χ0n) is 13.2. The lowest BCUT2D eigenvalue weighted by atomic mass is 10.1. The SMILES string of the molecule is COc1cc(OC)c(/C=N\NC(=O)Cc2ccc(Br)cc2)cc1Br. The molecule has 0 aliphatic heterocycles. The Kier molecular flexibility index (Phi) is 6.81. The van der Waals surface area contributed by atoms with E-state index >= 15 is 0 Å². The number of hydrogen-bond donors (Lipinski definition) is 1. The summed E-state index contributed by atoms with van der Waals surface area (Å²) in [6.07, 6.45) is 1.79. The van der Waals surface area contributed by atoms with E-state index in [0.717, 1.165) is 14.5 Å². The average molecular weight is 456 g/mol. The minimum Gasteiger partial charge on any atom is -0.496 e. The van der Waals surface area contributed by atoms with Crippen LogP contribution in [0.15, 0.2) is 50.4 Å². The van der Waals surface area contributed by atoms with E-state index in [-0.39, 0.29) is 12.3 Å². The Hall–Kier alpha value is -1.86. The van der Waals surface area contributed by atoms with Gasteiger partial charge in [0, 0.05) is 16.1 Å². The summed E-state index contributed by atoms with van der Waals surface area (Å²) in [4.78, 5) is 11.9. The Bertz CT molecular complexity index is 746. The van der Waals surface area contributed by atoms with Gasteiger partial charge in [0.25, 0.3) is 0 Å². The van der Waals surface area contributed by atoms with Crippen LogP contribution in [0.4, 0.5) is 0 Å². The van der Waals surface area contributed by atoms with Crippen molar-refractivity contribution in [3.63, 3.8) is 0 Å². The Morgan fingerprint density at radius 1 is 1.12 bits per heavy atom. The first kappa shape index (κ1) is 18.5. The predicted molar refractivity (Wildman–Crippen MR) is 101 cm³/mol. The van der Waals surface area contributed by atoms with Crippen LogP contribution in [0.2, 0.25) is 0 Å². The van der Waals surface area contributed by atoms with Gasteiger partial charge in [-0.25, -0.2) is 5.43 Å². The quantitative estimate of drug-likeness (QED) is 0.530. The minimum atomic E-state index is -0.194. The molecular formula is C17H16Br2N2O3. The lowest BCUT2D eigenvalue weighted by molar-refractivity contribution is -0.120. The van der Waals surface area contributed by atoms with Gasteiger partial charge in [-0.15, -0.1) is 0 Å². The molecule has 0 aliphatic rings. The van der Waals surface area contributed by atoms with Gasteiger partial charge in [-0.2, -0.15) is 5.10 Å². The molecule has 2 rings (SSSR count). The molecular weight excluding hydrogens is 440 g/mol. The van der Waals surface area contributed by atoms with Crippen molar-refractivity contribution in [1.29, 1.82) is 0 Å². The van der Waals surface area contributed by atoms with Crippen molar-refractivity contribution >= 4 is 44.0 Å². The molecule has 126 valence electrons. The summed E-state index contributed by atoms with van der Waals surface area (Å²) in [5.74, 6) is 1.06. The normalized spacial score (nSPS) is 10.7. The summed E-state index contributed by atoms with van der Waals surface area (Å²) in [6, 6.07) is 11.1. The number of halogens is 2. The average Bonchev–Trinajstić information content (AvgIpc) is 2.57. The standard InChI is InChI=1S/C17H16Br2N2O3/c1-23-15-9-16(24-2)14(19)8-12(15)10-20-21-17(22)7-11-3-5-13(18)6-4-11/h3-6,8-10H,7H2,1-2H3,(H,21,22)/b20-10-. The summed E-state index contributed by atoms with van der Waals surface area (Å²) < 4.78 is 12.3. The fraction of sp³-hybridized carbons (Fsp3) is 0.176. The first-order chi connectivity index (χ1) is 11.5. The Balaban J connectivity index is 2.01. The van der Waals surface area contributed by atoms with Gasteiger partial charge in [0.2, 0.25) is 5.91 Å². The number of rotatable bonds is 6. The Morgan fingerprint density at radius 3 is 2.42 bits per heavy atom. The zero-order valence-corrected chi connectivity index (χ0v) is 16.3. The maximum Gasteiger partial charge on any atom is 0.244 e. The van der Waals surface area contributed by atoms with Gasteiger partial charge < -0.3 is 9.47 Å². The van der Waals surface area contributed by atoms with Crippen LogP contribution in [0.3, 0.4) is 0 Å². The molecule has 0 saturated heterocycles. The molecule has 24 heavy (non-hydrogen) atoms. The van der Waals surface area contributed by atoms with Crippen molar-refractivity contribution in [2.75, 3.05) is 14.2 Å². The maximum absolute atomic E-state index is 11.9. The van der Waals surface area contributed by atoms with Gasteiger partial charge in [0.05, 0.1) is 31.3 Å². The summed E-state index contributed by atoms with van der Waals surface area (Å²) >= 11 is 6.77. The first-order valence-corrected chi connectivity index (χ1v) is 8.60. The number of carbonyl (C=O) groups is 1. The van der Waals surface area contributed by atoms with Gasteiger partial charge in [-0.05, 0) is 39.7 Å². The van der Waals surface area contributed by atoms with E-state index in [0.29, 0.717) is 17.1 Å². The number of methoxy groups -OCH3 is 2. The molecule has 0 atom stereocenters. The molecule has 0 aliphatic carbocycles. The van der Waals surface area contributed by atoms with Gasteiger partial charge in [0.1, 0.15) is 11.5 Å². The van der Waals surface area contributed by atoms with Gasteiger partial charge in [0.15, 0.2) is 0 Å². The molecule has 0 heterocycles. The third kappa shape index (κ3) is 5.07. The summed E-state index contributed by atoms with van der Waals surface area (Å²) in [6.45, 7) is 0. The predicted octanol–water partition coefficient (Wildman–Crippen LogP) is 3.92. The molecule has 2 aromatic carbocycles. The van der Waals surface area contributed by atoms with Crippen LogP contribution in [-0.2, 0) is 11.2 Å². The second kappa shape index (κ2) is 8.84. The van der Waals surface area contributed by atoms with E-state index in [1.54, 1.807) is 20.3 Å². The lowest BCUT2D eigenvalue weighted by Gasteiger charge is -2.09. The van der Waals surface area contributed by atoms with Crippen molar-refractivity contribution in [3.8, 4) is 11.5 Å². The molecule has 0 saturated carbocycles. The molecule has 5 nitrogen and oxygen atoms in total. The number of hydrogen-bond acceptors (Lipinski definition) is 4. The number of ether oxygens (including phenoxy) is 2. The molecule has 0 fully saturated rings. The van der Waals surface area contributed by atoms with E-state index in [4.69, 9.17) is 9.47 Å². The molecule has 7 heteroatoms. The highest BCUT2D eigenvalue weighted by atomic mass is 79.9. The van der Waals surface area contributed by atoms with Gasteiger partial charge >= 0.3 is 0 Å². The fourth-order valence-corrected chi connectivity index (χ4v) is 2.77. The first-order valence-electron chi connectivity index (χ1n) is 7.01. The fourth-order valence-electron chi connectivity index (χ4n) is 1.99. The molecule has 0 unspecified atom stereocenters. The smallest absolute Gasteiger partial charge is 0.244 e. The number of carbonyl (C=O) groups excluding carboxylic acids is 1. The second-order valence-electron chi connectivity index (χ2n) is 4.83. The second-order valence-corrected chi connectivity index (χ2v) is 6.60. The number of nitrogens with one attached hydrogen (secondary N) is 1. The van der Waals surface area contributed by atoms with E-state index in [1.165, 1.54) is 6.21 Å². The zero-order chi connectivity index (χ0) is 17.5. The molecule has 0 bridgehead atoms. The summed E-state index contributed by atoms with van der Waals surface area (Å²) in [7, 11) is 3.14. The third-order valence-electron chi connectivity index (χ3n) is 3.17. The van der Waals surface area contributed by atoms with Crippen molar-refractivity contribution in [1.82, 2.24) is 5.43 Å². The van der Waals surface area contributed by atoms with Gasteiger partial charge in [-0.1, -0.05) is 28.1 Å². The number of nitrogens with zero attached hydrogens (tertiary/aromatic N) is 1. The van der Waals surface area contributed by atoms with E-state index in [9.17, 15) is 4.79 Å². The highest BCUT2D eigenvalue weighted by molar-refractivity contribution is 9.10. The highest BCUT2D eigenvalue weighted by Crippen LogP contribution is 2.31. The molecule has 1 amide bonds. The molecule has 2 aromatic rings. The highest BCUT2D eigenvalue weighted by Gasteiger charge is 2.08. The maximum atomic E-state index is 11.9. The number of benzene rings is 2. The Morgan fingerprint density at radius 2 is 1.79 bits per heavy atom. The summed E-state index contributed by atoms with van der Waals surface area (Å²) in [5.41, 5.74) is 4.14. The van der Waals surface area contributed by atoms with Gasteiger partial charge in [-0.3, -0.25) is 4.79 Å². The van der Waals surface area contributed by atoms with Crippen molar-refractivity contribution < 1.29 is 14.3 Å². The van der Waals surface area contributed by atoms with E-state index in [1.807, 2.05) is 30.3 Å². The summed E-state index contributed by atoms with van der Waals surface area (Å²) in [5, 5.41) is 3.99. The van der Waals surface area contributed by atoms with Crippen LogP contribution in [0.1, 0.15) is 11.1 Å². The van der Waals surface area contributed by atoms with Crippen molar-refractivity contribution in [2.24, 2.45) is 5.10 Å². The Labute approximate surface area is 157 Å². The van der Waals surface area contributed by atoms with Crippen LogP contribution >= 0.6 is 31.9 Å². The number of hydrazone groups is 1. The monoisotopic (exact) mass is 454 g/mol. The molecule has 0 spiro atoms. The van der Waals surface area contributed by atoms with E-state index < -0.39 is 0 Å². The molecule has 0 aromatic heterocycles. The third-order valence-corrected chi connectivity index (χ3v) is 4.32. The van der Waals surface area contributed by atoms with Crippen molar-refractivity contribution in [2.45, 2.75) is 6.42 Å². The van der Waals surface area contributed by atoms with Crippen LogP contribution in [0.5, 0.6) is 11.5 Å².